The third-order valence-electron chi connectivity index (χ3n) is 3.52. The highest BCUT2D eigenvalue weighted by Crippen LogP contribution is 2.28. The molecule has 0 saturated heterocycles. The van der Waals surface area contributed by atoms with Crippen LogP contribution in [0.15, 0.2) is 35.2 Å². The monoisotopic (exact) mass is 301 g/mol. The first-order chi connectivity index (χ1) is 10.3. The number of hydrogen-bond acceptors (Lipinski definition) is 5. The summed E-state index contributed by atoms with van der Waals surface area (Å²) >= 11 is 1.74. The average Bonchev–Trinajstić information content (AvgIpc) is 3.14. The summed E-state index contributed by atoms with van der Waals surface area (Å²) in [5.74, 6) is 1.96. The number of nitrogens with one attached hydrogen (secondary N) is 1. The Labute approximate surface area is 128 Å². The summed E-state index contributed by atoms with van der Waals surface area (Å²) in [4.78, 5) is 11.2. The SMILES string of the molecule is CCc1cc2c(NC(C)CCc3ccco3)ncnc2s1. The molecule has 3 aromatic heterocycles. The molecule has 0 radical (unpaired) electrons. The first kappa shape index (κ1) is 14.1. The van der Waals surface area contributed by atoms with Crippen LogP contribution in [0.2, 0.25) is 0 Å². The summed E-state index contributed by atoms with van der Waals surface area (Å²) in [6.07, 6.45) is 6.33. The fourth-order valence-corrected chi connectivity index (χ4v) is 3.25. The Bertz CT molecular complexity index is 705. The minimum atomic E-state index is 0.332. The molecule has 3 heterocycles. The summed E-state index contributed by atoms with van der Waals surface area (Å²) in [5, 5.41) is 4.63. The van der Waals surface area contributed by atoms with Gasteiger partial charge in [-0.25, -0.2) is 9.97 Å². The second-order valence-electron chi connectivity index (χ2n) is 5.17. The lowest BCUT2D eigenvalue weighted by molar-refractivity contribution is 0.495. The van der Waals surface area contributed by atoms with Gasteiger partial charge in [0.1, 0.15) is 22.7 Å². The second-order valence-corrected chi connectivity index (χ2v) is 6.29. The molecule has 0 spiro atoms. The molecule has 0 aliphatic heterocycles. The van der Waals surface area contributed by atoms with Crippen molar-refractivity contribution < 1.29 is 4.42 Å². The van der Waals surface area contributed by atoms with Crippen molar-refractivity contribution in [2.75, 3.05) is 5.32 Å². The maximum absolute atomic E-state index is 5.37. The number of aryl methyl sites for hydroxylation is 2. The van der Waals surface area contributed by atoms with Crippen molar-refractivity contribution in [3.8, 4) is 0 Å². The Morgan fingerprint density at radius 1 is 1.38 bits per heavy atom. The lowest BCUT2D eigenvalue weighted by Crippen LogP contribution is -2.17. The largest absolute Gasteiger partial charge is 0.469 e. The lowest BCUT2D eigenvalue weighted by atomic mass is 10.1. The Balaban J connectivity index is 1.70. The van der Waals surface area contributed by atoms with Gasteiger partial charge in [-0.15, -0.1) is 11.3 Å². The topological polar surface area (TPSA) is 51.0 Å². The molecule has 110 valence electrons. The molecule has 3 aromatic rings. The fourth-order valence-electron chi connectivity index (χ4n) is 2.31. The molecule has 0 aliphatic carbocycles. The molecular formula is C16H19N3OS. The zero-order chi connectivity index (χ0) is 14.7. The smallest absolute Gasteiger partial charge is 0.138 e. The molecule has 1 atom stereocenters. The number of anilines is 1. The minimum absolute atomic E-state index is 0.332. The van der Waals surface area contributed by atoms with E-state index >= 15 is 0 Å². The van der Waals surface area contributed by atoms with Crippen LogP contribution in [0, 0.1) is 0 Å². The van der Waals surface area contributed by atoms with Crippen LogP contribution in [-0.2, 0) is 12.8 Å². The molecule has 1 unspecified atom stereocenters. The van der Waals surface area contributed by atoms with Crippen LogP contribution in [0.4, 0.5) is 5.82 Å². The van der Waals surface area contributed by atoms with Gasteiger partial charge in [-0.3, -0.25) is 0 Å². The van der Waals surface area contributed by atoms with Crippen molar-refractivity contribution in [2.45, 2.75) is 39.2 Å². The van der Waals surface area contributed by atoms with E-state index in [1.807, 2.05) is 12.1 Å². The fraction of sp³-hybridized carbons (Fsp3) is 0.375. The molecule has 0 saturated carbocycles. The maximum Gasteiger partial charge on any atom is 0.138 e. The van der Waals surface area contributed by atoms with Crippen molar-refractivity contribution in [1.82, 2.24) is 9.97 Å². The van der Waals surface area contributed by atoms with Gasteiger partial charge in [-0.2, -0.15) is 0 Å². The summed E-state index contributed by atoms with van der Waals surface area (Å²) in [6, 6.07) is 6.47. The van der Waals surface area contributed by atoms with Gasteiger partial charge in [0.15, 0.2) is 0 Å². The standard InChI is InChI=1S/C16H19N3OS/c1-3-13-9-14-15(17-10-18-16(14)21-13)19-11(2)6-7-12-5-4-8-20-12/h4-5,8-11H,3,6-7H2,1-2H3,(H,17,18,19). The van der Waals surface area contributed by atoms with E-state index in [1.54, 1.807) is 23.9 Å². The van der Waals surface area contributed by atoms with E-state index in [4.69, 9.17) is 4.42 Å². The van der Waals surface area contributed by atoms with Crippen molar-refractivity contribution in [3.63, 3.8) is 0 Å². The van der Waals surface area contributed by atoms with E-state index in [0.717, 1.165) is 41.1 Å². The molecule has 0 bridgehead atoms. The van der Waals surface area contributed by atoms with Gasteiger partial charge in [0, 0.05) is 17.3 Å². The van der Waals surface area contributed by atoms with E-state index in [-0.39, 0.29) is 0 Å². The summed E-state index contributed by atoms with van der Waals surface area (Å²) in [6.45, 7) is 4.33. The number of aromatic nitrogens is 2. The van der Waals surface area contributed by atoms with Gasteiger partial charge in [0.25, 0.3) is 0 Å². The summed E-state index contributed by atoms with van der Waals surface area (Å²) in [7, 11) is 0. The molecule has 0 aliphatic rings. The summed E-state index contributed by atoms with van der Waals surface area (Å²) in [5.41, 5.74) is 0. The lowest BCUT2D eigenvalue weighted by Gasteiger charge is -2.14. The first-order valence-electron chi connectivity index (χ1n) is 7.28. The van der Waals surface area contributed by atoms with E-state index in [2.05, 4.69) is 35.2 Å². The van der Waals surface area contributed by atoms with Crippen LogP contribution in [0.3, 0.4) is 0 Å². The second kappa shape index (κ2) is 6.26. The minimum Gasteiger partial charge on any atom is -0.469 e. The van der Waals surface area contributed by atoms with Crippen molar-refractivity contribution in [3.05, 3.63) is 41.4 Å². The highest BCUT2D eigenvalue weighted by molar-refractivity contribution is 7.18. The highest BCUT2D eigenvalue weighted by atomic mass is 32.1. The normalized spacial score (nSPS) is 12.7. The molecule has 5 heteroatoms. The molecule has 0 amide bonds. The number of nitrogens with zero attached hydrogens (tertiary/aromatic N) is 2. The predicted molar refractivity (Wildman–Crippen MR) is 86.9 cm³/mol. The number of fused-ring (bicyclic) bond motifs is 1. The van der Waals surface area contributed by atoms with E-state index in [1.165, 1.54) is 4.88 Å². The average molecular weight is 301 g/mol. The van der Waals surface area contributed by atoms with E-state index in [9.17, 15) is 0 Å². The Morgan fingerprint density at radius 3 is 3.05 bits per heavy atom. The van der Waals surface area contributed by atoms with Crippen molar-refractivity contribution in [2.24, 2.45) is 0 Å². The predicted octanol–water partition coefficient (Wildman–Crippen LogP) is 4.28. The van der Waals surface area contributed by atoms with Crippen molar-refractivity contribution >= 4 is 27.4 Å². The molecular weight excluding hydrogens is 282 g/mol. The van der Waals surface area contributed by atoms with Crippen molar-refractivity contribution in [1.29, 1.82) is 0 Å². The molecule has 0 fully saturated rings. The van der Waals surface area contributed by atoms with E-state index < -0.39 is 0 Å². The van der Waals surface area contributed by atoms with Crippen LogP contribution in [-0.4, -0.2) is 16.0 Å². The maximum atomic E-state index is 5.37. The van der Waals surface area contributed by atoms with Gasteiger partial charge in [0.2, 0.25) is 0 Å². The summed E-state index contributed by atoms with van der Waals surface area (Å²) < 4.78 is 5.37. The Kier molecular flexibility index (Phi) is 4.20. The number of rotatable bonds is 6. The van der Waals surface area contributed by atoms with Gasteiger partial charge in [-0.1, -0.05) is 6.92 Å². The number of furan rings is 1. The zero-order valence-corrected chi connectivity index (χ0v) is 13.1. The van der Waals surface area contributed by atoms with Crippen LogP contribution < -0.4 is 5.32 Å². The molecule has 3 rings (SSSR count). The van der Waals surface area contributed by atoms with Gasteiger partial charge in [0.05, 0.1) is 11.6 Å². The van der Waals surface area contributed by atoms with E-state index in [0.29, 0.717) is 6.04 Å². The number of thiophene rings is 1. The highest BCUT2D eigenvalue weighted by Gasteiger charge is 2.11. The quantitative estimate of drug-likeness (QED) is 0.738. The molecule has 0 aromatic carbocycles. The first-order valence-corrected chi connectivity index (χ1v) is 8.10. The Morgan fingerprint density at radius 2 is 2.29 bits per heavy atom. The van der Waals surface area contributed by atoms with Crippen LogP contribution in [0.5, 0.6) is 0 Å². The van der Waals surface area contributed by atoms with Gasteiger partial charge in [-0.05, 0) is 38.0 Å². The van der Waals surface area contributed by atoms with Gasteiger partial charge < -0.3 is 9.73 Å². The zero-order valence-electron chi connectivity index (χ0n) is 12.3. The van der Waals surface area contributed by atoms with Crippen LogP contribution >= 0.6 is 11.3 Å². The molecule has 1 N–H and O–H groups in total. The number of hydrogen-bond donors (Lipinski definition) is 1. The van der Waals surface area contributed by atoms with Crippen LogP contribution in [0.25, 0.3) is 10.2 Å². The third-order valence-corrected chi connectivity index (χ3v) is 4.70. The molecule has 21 heavy (non-hydrogen) atoms. The van der Waals surface area contributed by atoms with Crippen LogP contribution in [0.1, 0.15) is 30.9 Å². The van der Waals surface area contributed by atoms with Gasteiger partial charge >= 0.3 is 0 Å². The molecule has 4 nitrogen and oxygen atoms in total. The Hall–Kier alpha value is -1.88. The third kappa shape index (κ3) is 3.24.